The smallest absolute Gasteiger partial charge is 0.354 e. The van der Waals surface area contributed by atoms with Gasteiger partial charge in [-0.3, -0.25) is 0 Å². The van der Waals surface area contributed by atoms with E-state index in [4.69, 9.17) is 5.11 Å². The van der Waals surface area contributed by atoms with Gasteiger partial charge in [0.15, 0.2) is 5.69 Å². The highest BCUT2D eigenvalue weighted by Gasteiger charge is 2.18. The second-order valence-electron chi connectivity index (χ2n) is 3.80. The van der Waals surface area contributed by atoms with Crippen LogP contribution < -0.4 is 5.32 Å². The number of carbonyl (C=O) groups is 1. The second-order valence-corrected chi connectivity index (χ2v) is 3.80. The van der Waals surface area contributed by atoms with Gasteiger partial charge in [0.2, 0.25) is 5.95 Å². The highest BCUT2D eigenvalue weighted by Crippen LogP contribution is 2.21. The molecular formula is C10H13N3O2. The Morgan fingerprint density at radius 3 is 2.80 bits per heavy atom. The zero-order chi connectivity index (χ0) is 10.8. The maximum Gasteiger partial charge on any atom is 0.354 e. The molecule has 1 aromatic rings. The molecule has 1 aliphatic rings. The fourth-order valence-electron chi connectivity index (χ4n) is 1.48. The Morgan fingerprint density at radius 2 is 2.27 bits per heavy atom. The van der Waals surface area contributed by atoms with Crippen LogP contribution in [0.5, 0.6) is 0 Å². The Hall–Kier alpha value is -1.65. The average Bonchev–Trinajstić information content (AvgIpc) is 2.10. The summed E-state index contributed by atoms with van der Waals surface area (Å²) in [5.41, 5.74) is 0.716. The number of hydrogen-bond donors (Lipinski definition) is 2. The van der Waals surface area contributed by atoms with E-state index < -0.39 is 5.97 Å². The fourth-order valence-corrected chi connectivity index (χ4v) is 1.48. The van der Waals surface area contributed by atoms with Gasteiger partial charge in [-0.1, -0.05) is 0 Å². The van der Waals surface area contributed by atoms with Crippen LogP contribution in [0.4, 0.5) is 5.95 Å². The molecule has 5 nitrogen and oxygen atoms in total. The van der Waals surface area contributed by atoms with Gasteiger partial charge in [0.25, 0.3) is 0 Å². The van der Waals surface area contributed by atoms with E-state index in [0.29, 0.717) is 17.7 Å². The molecule has 0 spiro atoms. The first kappa shape index (κ1) is 9.89. The number of aromatic nitrogens is 2. The molecule has 0 unspecified atom stereocenters. The standard InChI is InChI=1S/C10H13N3O2/c1-6-5-8(9(14)15)13-10(11-6)12-7-3-2-4-7/h5,7H,2-4H2,1H3,(H,14,15)(H,11,12,13). The highest BCUT2D eigenvalue weighted by molar-refractivity contribution is 5.85. The van der Waals surface area contributed by atoms with Crippen molar-refractivity contribution in [3.63, 3.8) is 0 Å². The van der Waals surface area contributed by atoms with Crippen LogP contribution in [-0.2, 0) is 0 Å². The van der Waals surface area contributed by atoms with Crippen LogP contribution in [0.15, 0.2) is 6.07 Å². The van der Waals surface area contributed by atoms with Gasteiger partial charge in [-0.15, -0.1) is 0 Å². The van der Waals surface area contributed by atoms with Crippen LogP contribution in [-0.4, -0.2) is 27.1 Å². The van der Waals surface area contributed by atoms with Crippen molar-refractivity contribution in [3.05, 3.63) is 17.5 Å². The lowest BCUT2D eigenvalue weighted by atomic mass is 9.93. The number of nitrogens with zero attached hydrogens (tertiary/aromatic N) is 2. The van der Waals surface area contributed by atoms with E-state index >= 15 is 0 Å². The molecule has 0 atom stereocenters. The molecule has 0 bridgehead atoms. The lowest BCUT2D eigenvalue weighted by Gasteiger charge is -2.26. The van der Waals surface area contributed by atoms with Crippen molar-refractivity contribution < 1.29 is 9.90 Å². The monoisotopic (exact) mass is 207 g/mol. The third kappa shape index (κ3) is 2.23. The third-order valence-electron chi connectivity index (χ3n) is 2.51. The number of hydrogen-bond acceptors (Lipinski definition) is 4. The first-order valence-corrected chi connectivity index (χ1v) is 5.00. The Bertz CT molecular complexity index is 388. The first-order chi connectivity index (χ1) is 7.15. The molecule has 0 aliphatic heterocycles. The molecule has 15 heavy (non-hydrogen) atoms. The molecule has 1 saturated carbocycles. The maximum absolute atomic E-state index is 10.8. The van der Waals surface area contributed by atoms with Gasteiger partial charge in [-0.05, 0) is 32.3 Å². The molecule has 0 aromatic carbocycles. The summed E-state index contributed by atoms with van der Waals surface area (Å²) in [5.74, 6) is -0.589. The van der Waals surface area contributed by atoms with Crippen LogP contribution >= 0.6 is 0 Å². The van der Waals surface area contributed by atoms with Crippen molar-refractivity contribution in [3.8, 4) is 0 Å². The summed E-state index contributed by atoms with van der Waals surface area (Å²) in [5, 5.41) is 11.9. The topological polar surface area (TPSA) is 75.1 Å². The summed E-state index contributed by atoms with van der Waals surface area (Å²) in [7, 11) is 0. The van der Waals surface area contributed by atoms with Crippen LogP contribution in [0.2, 0.25) is 0 Å². The summed E-state index contributed by atoms with van der Waals surface area (Å²) < 4.78 is 0. The number of aromatic carboxylic acids is 1. The molecule has 1 fully saturated rings. The quantitative estimate of drug-likeness (QED) is 0.784. The largest absolute Gasteiger partial charge is 0.477 e. The minimum Gasteiger partial charge on any atom is -0.477 e. The Morgan fingerprint density at radius 1 is 1.53 bits per heavy atom. The van der Waals surface area contributed by atoms with E-state index in [-0.39, 0.29) is 5.69 Å². The zero-order valence-corrected chi connectivity index (χ0v) is 8.53. The molecule has 2 rings (SSSR count). The van der Waals surface area contributed by atoms with Gasteiger partial charge in [-0.25, -0.2) is 14.8 Å². The average molecular weight is 207 g/mol. The molecule has 5 heteroatoms. The first-order valence-electron chi connectivity index (χ1n) is 5.00. The van der Waals surface area contributed by atoms with Crippen molar-refractivity contribution in [1.29, 1.82) is 0 Å². The number of rotatable bonds is 3. The van der Waals surface area contributed by atoms with Crippen molar-refractivity contribution in [2.45, 2.75) is 32.2 Å². The van der Waals surface area contributed by atoms with E-state index in [2.05, 4.69) is 15.3 Å². The van der Waals surface area contributed by atoms with Gasteiger partial charge in [0, 0.05) is 11.7 Å². The molecule has 0 radical (unpaired) electrons. The van der Waals surface area contributed by atoms with Crippen molar-refractivity contribution in [2.75, 3.05) is 5.32 Å². The summed E-state index contributed by atoms with van der Waals surface area (Å²) in [6.45, 7) is 1.76. The molecular weight excluding hydrogens is 194 g/mol. The van der Waals surface area contributed by atoms with E-state index in [1.54, 1.807) is 6.92 Å². The van der Waals surface area contributed by atoms with E-state index in [1.165, 1.54) is 12.5 Å². The van der Waals surface area contributed by atoms with Gasteiger partial charge in [-0.2, -0.15) is 0 Å². The second kappa shape index (κ2) is 3.84. The SMILES string of the molecule is Cc1cc(C(=O)O)nc(NC2CCC2)n1. The lowest BCUT2D eigenvalue weighted by molar-refractivity contribution is 0.0690. The normalized spacial score (nSPS) is 15.8. The number of anilines is 1. The van der Waals surface area contributed by atoms with Crippen LogP contribution in [0.1, 0.15) is 35.4 Å². The number of nitrogens with one attached hydrogen (secondary N) is 1. The van der Waals surface area contributed by atoms with Gasteiger partial charge in [0.05, 0.1) is 0 Å². The highest BCUT2D eigenvalue weighted by atomic mass is 16.4. The minimum absolute atomic E-state index is 0.0457. The number of aryl methyl sites for hydroxylation is 1. The summed E-state index contributed by atoms with van der Waals surface area (Å²) >= 11 is 0. The Balaban J connectivity index is 2.18. The molecule has 0 saturated heterocycles. The van der Waals surface area contributed by atoms with Gasteiger partial charge < -0.3 is 10.4 Å². The lowest BCUT2D eigenvalue weighted by Crippen LogP contribution is -2.28. The number of carboxylic acids is 1. The molecule has 2 N–H and O–H groups in total. The van der Waals surface area contributed by atoms with Crippen LogP contribution in [0, 0.1) is 6.92 Å². The molecule has 1 aromatic heterocycles. The zero-order valence-electron chi connectivity index (χ0n) is 8.53. The van der Waals surface area contributed by atoms with Crippen molar-refractivity contribution in [2.24, 2.45) is 0 Å². The van der Waals surface area contributed by atoms with E-state index in [1.807, 2.05) is 0 Å². The summed E-state index contributed by atoms with van der Waals surface area (Å²) in [4.78, 5) is 18.8. The summed E-state index contributed by atoms with van der Waals surface area (Å²) in [6, 6.07) is 1.88. The van der Waals surface area contributed by atoms with E-state index in [0.717, 1.165) is 12.8 Å². The fraction of sp³-hybridized carbons (Fsp3) is 0.500. The molecule has 0 amide bonds. The predicted molar refractivity (Wildman–Crippen MR) is 55.0 cm³/mol. The van der Waals surface area contributed by atoms with Crippen molar-refractivity contribution in [1.82, 2.24) is 9.97 Å². The van der Waals surface area contributed by atoms with Crippen molar-refractivity contribution >= 4 is 11.9 Å². The van der Waals surface area contributed by atoms with E-state index in [9.17, 15) is 4.79 Å². The van der Waals surface area contributed by atoms with Gasteiger partial charge >= 0.3 is 5.97 Å². The third-order valence-corrected chi connectivity index (χ3v) is 2.51. The Labute approximate surface area is 87.6 Å². The molecule has 1 heterocycles. The molecule has 1 aliphatic carbocycles. The van der Waals surface area contributed by atoms with Gasteiger partial charge in [0.1, 0.15) is 0 Å². The number of carboxylic acid groups (broad SMARTS) is 1. The predicted octanol–water partition coefficient (Wildman–Crippen LogP) is 1.45. The summed E-state index contributed by atoms with van der Waals surface area (Å²) in [6.07, 6.45) is 3.44. The van der Waals surface area contributed by atoms with Crippen LogP contribution in [0.3, 0.4) is 0 Å². The molecule has 80 valence electrons. The minimum atomic E-state index is -1.02. The van der Waals surface area contributed by atoms with Crippen LogP contribution in [0.25, 0.3) is 0 Å². The maximum atomic E-state index is 10.8. The Kier molecular flexibility index (Phi) is 2.53.